The molecule has 1 heterocycles. The number of rotatable bonds is 2. The van der Waals surface area contributed by atoms with Crippen LogP contribution in [0.25, 0.3) is 0 Å². The van der Waals surface area contributed by atoms with E-state index in [0.717, 1.165) is 6.42 Å². The van der Waals surface area contributed by atoms with E-state index < -0.39 is 0 Å². The number of halogens is 1. The Labute approximate surface area is 101 Å². The highest BCUT2D eigenvalue weighted by Crippen LogP contribution is 2.51. The summed E-state index contributed by atoms with van der Waals surface area (Å²) in [7, 11) is 0. The number of aromatic nitrogens is 1. The Morgan fingerprint density at radius 1 is 1.56 bits per heavy atom. The van der Waals surface area contributed by atoms with E-state index in [1.165, 1.54) is 0 Å². The first-order chi connectivity index (χ1) is 6.99. The first-order valence-electron chi connectivity index (χ1n) is 5.01. The summed E-state index contributed by atoms with van der Waals surface area (Å²) in [6.07, 6.45) is 2.53. The van der Waals surface area contributed by atoms with Crippen LogP contribution in [0.5, 0.6) is 0 Å². The number of hydrogen-bond donors (Lipinski definition) is 2. The van der Waals surface area contributed by atoms with E-state index in [1.54, 1.807) is 18.3 Å². The number of pyridine rings is 1. The van der Waals surface area contributed by atoms with Gasteiger partial charge < -0.3 is 11.1 Å². The summed E-state index contributed by atoms with van der Waals surface area (Å²) < 4.78 is 0. The Hall–Kier alpha value is -1.29. The van der Waals surface area contributed by atoms with Crippen molar-refractivity contribution in [3.05, 3.63) is 18.3 Å². The van der Waals surface area contributed by atoms with Crippen molar-refractivity contribution in [1.29, 1.82) is 0 Å². The van der Waals surface area contributed by atoms with Gasteiger partial charge in [0.25, 0.3) is 0 Å². The molecule has 1 saturated carbocycles. The van der Waals surface area contributed by atoms with Crippen LogP contribution in [0.2, 0.25) is 0 Å². The van der Waals surface area contributed by atoms with E-state index in [0.29, 0.717) is 11.5 Å². The smallest absolute Gasteiger partial charge is 0.228 e. The molecule has 1 atom stereocenters. The van der Waals surface area contributed by atoms with Crippen LogP contribution in [-0.2, 0) is 4.79 Å². The van der Waals surface area contributed by atoms with Crippen LogP contribution < -0.4 is 11.1 Å². The lowest BCUT2D eigenvalue weighted by Crippen LogP contribution is -2.16. The van der Waals surface area contributed by atoms with Crippen molar-refractivity contribution in [2.45, 2.75) is 20.3 Å². The molecular formula is C11H16ClN3O. The minimum atomic E-state index is 0. The second-order valence-electron chi connectivity index (χ2n) is 4.71. The van der Waals surface area contributed by atoms with Crippen molar-refractivity contribution >= 4 is 29.8 Å². The summed E-state index contributed by atoms with van der Waals surface area (Å²) in [4.78, 5) is 15.6. The van der Waals surface area contributed by atoms with Crippen molar-refractivity contribution < 1.29 is 4.79 Å². The zero-order valence-electron chi connectivity index (χ0n) is 9.36. The van der Waals surface area contributed by atoms with E-state index in [2.05, 4.69) is 24.1 Å². The van der Waals surface area contributed by atoms with Gasteiger partial charge in [-0.05, 0) is 24.0 Å². The third-order valence-corrected chi connectivity index (χ3v) is 2.88. The molecule has 3 N–H and O–H groups in total. The molecule has 1 aromatic heterocycles. The Morgan fingerprint density at radius 2 is 2.19 bits per heavy atom. The molecule has 1 fully saturated rings. The van der Waals surface area contributed by atoms with Gasteiger partial charge in [-0.2, -0.15) is 0 Å². The van der Waals surface area contributed by atoms with Gasteiger partial charge in [-0.25, -0.2) is 4.98 Å². The van der Waals surface area contributed by atoms with Crippen LogP contribution in [0.1, 0.15) is 20.3 Å². The number of carbonyl (C=O) groups is 1. The average molecular weight is 242 g/mol. The van der Waals surface area contributed by atoms with Crippen LogP contribution in [0.15, 0.2) is 18.3 Å². The normalized spacial score (nSPS) is 20.8. The molecule has 0 aromatic carbocycles. The molecule has 5 heteroatoms. The van der Waals surface area contributed by atoms with Gasteiger partial charge in [-0.3, -0.25) is 4.79 Å². The molecule has 0 aliphatic heterocycles. The van der Waals surface area contributed by atoms with Crippen molar-refractivity contribution in [2.24, 2.45) is 11.3 Å². The summed E-state index contributed by atoms with van der Waals surface area (Å²) in [5.74, 6) is 0.668. The maximum atomic E-state index is 11.7. The minimum Gasteiger partial charge on any atom is -0.384 e. The number of carbonyl (C=O) groups excluding carboxylic acids is 1. The van der Waals surface area contributed by atoms with Crippen LogP contribution in [0, 0.1) is 11.3 Å². The number of anilines is 2. The highest BCUT2D eigenvalue weighted by Gasteiger charge is 2.50. The third kappa shape index (κ3) is 2.64. The van der Waals surface area contributed by atoms with Crippen LogP contribution in [0.3, 0.4) is 0 Å². The van der Waals surface area contributed by atoms with Gasteiger partial charge in [-0.1, -0.05) is 13.8 Å². The van der Waals surface area contributed by atoms with Gasteiger partial charge in [0.1, 0.15) is 5.82 Å². The molecule has 0 spiro atoms. The molecule has 2 rings (SSSR count). The predicted molar refractivity (Wildman–Crippen MR) is 66.4 cm³/mol. The molecule has 88 valence electrons. The summed E-state index contributed by atoms with van der Waals surface area (Å²) in [6, 6.07) is 3.43. The molecule has 0 bridgehead atoms. The molecule has 1 aliphatic carbocycles. The Morgan fingerprint density at radius 3 is 2.62 bits per heavy atom. The lowest BCUT2D eigenvalue weighted by atomic mass is 10.1. The van der Waals surface area contributed by atoms with Crippen LogP contribution in [0.4, 0.5) is 11.5 Å². The van der Waals surface area contributed by atoms with Crippen molar-refractivity contribution in [2.75, 3.05) is 11.1 Å². The SMILES string of the molecule is CC1(C)CC1C(=O)Nc1ccc(N)nc1.Cl. The van der Waals surface area contributed by atoms with E-state index in [-0.39, 0.29) is 29.6 Å². The second kappa shape index (κ2) is 4.29. The Kier molecular flexibility index (Phi) is 3.43. The van der Waals surface area contributed by atoms with Gasteiger partial charge >= 0.3 is 0 Å². The van der Waals surface area contributed by atoms with E-state index in [4.69, 9.17) is 5.73 Å². The van der Waals surface area contributed by atoms with E-state index in [1.807, 2.05) is 0 Å². The van der Waals surface area contributed by atoms with Crippen LogP contribution >= 0.6 is 12.4 Å². The quantitative estimate of drug-likeness (QED) is 0.833. The minimum absolute atomic E-state index is 0. The molecule has 1 aromatic rings. The van der Waals surface area contributed by atoms with Gasteiger partial charge in [0, 0.05) is 5.92 Å². The number of amides is 1. The first-order valence-corrected chi connectivity index (χ1v) is 5.01. The lowest BCUT2D eigenvalue weighted by Gasteiger charge is -2.05. The zero-order valence-corrected chi connectivity index (χ0v) is 10.2. The molecule has 4 nitrogen and oxygen atoms in total. The summed E-state index contributed by atoms with van der Waals surface area (Å²) >= 11 is 0. The summed E-state index contributed by atoms with van der Waals surface area (Å²) in [5, 5.41) is 2.83. The topological polar surface area (TPSA) is 68.0 Å². The Bertz CT molecular complexity index is 389. The first kappa shape index (κ1) is 12.8. The summed E-state index contributed by atoms with van der Waals surface area (Å²) in [5.41, 5.74) is 6.31. The fourth-order valence-electron chi connectivity index (χ4n) is 1.62. The molecule has 16 heavy (non-hydrogen) atoms. The number of hydrogen-bond acceptors (Lipinski definition) is 3. The van der Waals surface area contributed by atoms with Gasteiger partial charge in [0.05, 0.1) is 11.9 Å². The second-order valence-corrected chi connectivity index (χ2v) is 4.71. The molecular weight excluding hydrogens is 226 g/mol. The fourth-order valence-corrected chi connectivity index (χ4v) is 1.62. The third-order valence-electron chi connectivity index (χ3n) is 2.88. The molecule has 1 unspecified atom stereocenters. The molecule has 0 saturated heterocycles. The van der Waals surface area contributed by atoms with Crippen LogP contribution in [-0.4, -0.2) is 10.9 Å². The van der Waals surface area contributed by atoms with Crippen molar-refractivity contribution in [1.82, 2.24) is 4.98 Å². The number of nitrogens with zero attached hydrogens (tertiary/aromatic N) is 1. The molecule has 1 amide bonds. The summed E-state index contributed by atoms with van der Waals surface area (Å²) in [6.45, 7) is 4.19. The monoisotopic (exact) mass is 241 g/mol. The van der Waals surface area contributed by atoms with Crippen molar-refractivity contribution in [3.8, 4) is 0 Å². The number of nitrogen functional groups attached to an aromatic ring is 1. The highest BCUT2D eigenvalue weighted by molar-refractivity contribution is 5.94. The van der Waals surface area contributed by atoms with E-state index >= 15 is 0 Å². The number of nitrogens with two attached hydrogens (primary N) is 1. The Balaban J connectivity index is 0.00000128. The van der Waals surface area contributed by atoms with Gasteiger partial charge in [0.15, 0.2) is 0 Å². The predicted octanol–water partition coefficient (Wildman–Crippen LogP) is 2.07. The molecule has 1 aliphatic rings. The average Bonchev–Trinajstić information content (AvgIpc) is 2.79. The fraction of sp³-hybridized carbons (Fsp3) is 0.455. The number of nitrogens with one attached hydrogen (secondary N) is 1. The maximum Gasteiger partial charge on any atom is 0.228 e. The zero-order chi connectivity index (χ0) is 11.1. The van der Waals surface area contributed by atoms with Gasteiger partial charge in [0.2, 0.25) is 5.91 Å². The highest BCUT2D eigenvalue weighted by atomic mass is 35.5. The maximum absolute atomic E-state index is 11.7. The van der Waals surface area contributed by atoms with E-state index in [9.17, 15) is 4.79 Å². The molecule has 0 radical (unpaired) electrons. The van der Waals surface area contributed by atoms with Crippen molar-refractivity contribution in [3.63, 3.8) is 0 Å². The standard InChI is InChI=1S/C11H15N3O.ClH/c1-11(2)5-8(11)10(15)14-7-3-4-9(12)13-6-7;/h3-4,6,8H,5H2,1-2H3,(H2,12,13)(H,14,15);1H. The largest absolute Gasteiger partial charge is 0.384 e. The van der Waals surface area contributed by atoms with Gasteiger partial charge in [-0.15, -0.1) is 12.4 Å². The lowest BCUT2D eigenvalue weighted by molar-refractivity contribution is -0.118.